The summed E-state index contributed by atoms with van der Waals surface area (Å²) in [5.74, 6) is 0.228. The number of rotatable bonds is 4. The Balaban J connectivity index is 1.53. The molecule has 1 aliphatic carbocycles. The minimum absolute atomic E-state index is 0.0901. The predicted octanol–water partition coefficient (Wildman–Crippen LogP) is 5.96. The molecule has 5 rings (SSSR count). The fourth-order valence-electron chi connectivity index (χ4n) is 5.30. The maximum Gasteiger partial charge on any atom is 0.408 e. The quantitative estimate of drug-likeness (QED) is 0.507. The Bertz CT molecular complexity index is 1260. The van der Waals surface area contributed by atoms with Gasteiger partial charge in [-0.05, 0) is 69.4 Å². The van der Waals surface area contributed by atoms with Crippen LogP contribution in [-0.4, -0.2) is 39.1 Å². The third-order valence-electron chi connectivity index (χ3n) is 6.90. The van der Waals surface area contributed by atoms with Crippen molar-refractivity contribution in [3.8, 4) is 17.0 Å². The van der Waals surface area contributed by atoms with E-state index in [1.807, 2.05) is 81.4 Å². The molecule has 1 aromatic heterocycles. The van der Waals surface area contributed by atoms with E-state index < -0.39 is 17.2 Å². The number of nitrogens with zero attached hydrogens (tertiary/aromatic N) is 3. The van der Waals surface area contributed by atoms with Crippen molar-refractivity contribution < 1.29 is 19.4 Å². The fraction of sp³-hybridized carbons (Fsp3) is 0.321. The Kier molecular flexibility index (Phi) is 5.50. The molecule has 0 spiro atoms. The van der Waals surface area contributed by atoms with Gasteiger partial charge in [0.1, 0.15) is 5.69 Å². The summed E-state index contributed by atoms with van der Waals surface area (Å²) in [6.07, 6.45) is 3.36. The topological polar surface area (TPSA) is 83.0 Å². The van der Waals surface area contributed by atoms with E-state index in [0.717, 1.165) is 36.0 Å². The lowest BCUT2D eigenvalue weighted by Gasteiger charge is -2.54. The number of ether oxygens (including phenoxy) is 1. The first-order valence-corrected chi connectivity index (χ1v) is 11.9. The number of hydrogen-bond donors (Lipinski definition) is 1. The monoisotopic (exact) mass is 471 g/mol. The lowest BCUT2D eigenvalue weighted by Crippen LogP contribution is -2.60. The van der Waals surface area contributed by atoms with E-state index >= 15 is 0 Å². The lowest BCUT2D eigenvalue weighted by atomic mass is 9.69. The number of amides is 2. The van der Waals surface area contributed by atoms with E-state index in [2.05, 4.69) is 4.98 Å². The summed E-state index contributed by atoms with van der Waals surface area (Å²) in [5.41, 5.74) is 3.03. The molecule has 7 nitrogen and oxygen atoms in total. The van der Waals surface area contributed by atoms with Crippen molar-refractivity contribution in [2.45, 2.75) is 51.1 Å². The Morgan fingerprint density at radius 3 is 2.31 bits per heavy atom. The van der Waals surface area contributed by atoms with Crippen LogP contribution in [0, 0.1) is 0 Å². The number of anilines is 2. The van der Waals surface area contributed by atoms with Gasteiger partial charge >= 0.3 is 6.09 Å². The second-order valence-corrected chi connectivity index (χ2v) is 10.2. The number of hydrogen-bond acceptors (Lipinski definition) is 4. The van der Waals surface area contributed by atoms with E-state index in [1.165, 1.54) is 0 Å². The number of aromatic nitrogens is 1. The second kappa shape index (κ2) is 8.41. The molecule has 0 bridgehead atoms. The van der Waals surface area contributed by atoms with Gasteiger partial charge in [0, 0.05) is 23.0 Å². The molecule has 1 saturated carbocycles. The Morgan fingerprint density at radius 2 is 1.74 bits per heavy atom. The standard InChI is InChI=1S/C28H29N3O4/c1-27(2,3)31(26(33)34)28(14-7-15-28)21-10-12-22(13-11-21)30-23-16-20(19-8-5-4-6-9-19)17-29-25(23)35-18-24(30)32/h4-6,8-13,16-17H,7,14-15,18H2,1-3H3,(H,33,34). The van der Waals surface area contributed by atoms with Crippen LogP contribution in [0.1, 0.15) is 45.6 Å². The molecule has 35 heavy (non-hydrogen) atoms. The maximum absolute atomic E-state index is 13.0. The molecule has 0 radical (unpaired) electrons. The first-order chi connectivity index (χ1) is 16.7. The summed E-state index contributed by atoms with van der Waals surface area (Å²) in [6, 6.07) is 19.5. The minimum atomic E-state index is -0.918. The van der Waals surface area contributed by atoms with Crippen LogP contribution in [-0.2, 0) is 10.3 Å². The van der Waals surface area contributed by atoms with Crippen LogP contribution in [0.4, 0.5) is 16.2 Å². The van der Waals surface area contributed by atoms with Crippen LogP contribution in [0.25, 0.3) is 11.1 Å². The molecule has 1 aliphatic heterocycles. The van der Waals surface area contributed by atoms with Crippen molar-refractivity contribution in [3.63, 3.8) is 0 Å². The average molecular weight is 472 g/mol. The normalized spacial score (nSPS) is 16.7. The smallest absolute Gasteiger partial charge is 0.408 e. The molecule has 2 aromatic carbocycles. The maximum atomic E-state index is 13.0. The van der Waals surface area contributed by atoms with E-state index in [0.29, 0.717) is 17.3 Å². The van der Waals surface area contributed by atoms with Crippen LogP contribution < -0.4 is 9.64 Å². The molecule has 180 valence electrons. The van der Waals surface area contributed by atoms with Gasteiger partial charge in [0.05, 0.1) is 5.54 Å². The summed E-state index contributed by atoms with van der Waals surface area (Å²) < 4.78 is 5.60. The molecule has 0 atom stereocenters. The number of carbonyl (C=O) groups excluding carboxylic acids is 1. The third kappa shape index (κ3) is 3.91. The van der Waals surface area contributed by atoms with Crippen LogP contribution in [0.3, 0.4) is 0 Å². The number of fused-ring (bicyclic) bond motifs is 1. The van der Waals surface area contributed by atoms with Crippen LogP contribution in [0.2, 0.25) is 0 Å². The van der Waals surface area contributed by atoms with Gasteiger partial charge in [-0.25, -0.2) is 9.78 Å². The van der Waals surface area contributed by atoms with Crippen LogP contribution in [0.5, 0.6) is 5.88 Å². The highest BCUT2D eigenvalue weighted by molar-refractivity contribution is 6.04. The predicted molar refractivity (Wildman–Crippen MR) is 134 cm³/mol. The second-order valence-electron chi connectivity index (χ2n) is 10.2. The first kappa shape index (κ1) is 22.9. The summed E-state index contributed by atoms with van der Waals surface area (Å²) in [6.45, 7) is 5.69. The molecule has 3 aromatic rings. The SMILES string of the molecule is CC(C)(C)N(C(=O)O)C1(c2ccc(N3C(=O)COc4ncc(-c5ccccc5)cc43)cc2)CCC1. The first-order valence-electron chi connectivity index (χ1n) is 11.9. The zero-order chi connectivity index (χ0) is 24.8. The van der Waals surface area contributed by atoms with E-state index in [9.17, 15) is 14.7 Å². The van der Waals surface area contributed by atoms with Gasteiger partial charge in [-0.3, -0.25) is 14.6 Å². The number of carboxylic acid groups (broad SMARTS) is 1. The summed E-state index contributed by atoms with van der Waals surface area (Å²) >= 11 is 0. The minimum Gasteiger partial charge on any atom is -0.466 e. The molecular weight excluding hydrogens is 442 g/mol. The summed E-state index contributed by atoms with van der Waals surface area (Å²) in [7, 11) is 0. The molecule has 7 heteroatoms. The zero-order valence-electron chi connectivity index (χ0n) is 20.2. The van der Waals surface area contributed by atoms with Crippen LogP contribution in [0.15, 0.2) is 66.9 Å². The molecule has 2 heterocycles. The van der Waals surface area contributed by atoms with E-state index in [4.69, 9.17) is 4.74 Å². The Labute approximate surface area is 205 Å². The van der Waals surface area contributed by atoms with Crippen LogP contribution >= 0.6 is 0 Å². The number of benzene rings is 2. The molecule has 2 aliphatic rings. The molecule has 1 N–H and O–H groups in total. The van der Waals surface area contributed by atoms with Gasteiger partial charge in [0.2, 0.25) is 5.88 Å². The van der Waals surface area contributed by atoms with Gasteiger partial charge in [-0.15, -0.1) is 0 Å². The Hall–Kier alpha value is -3.87. The lowest BCUT2D eigenvalue weighted by molar-refractivity contribution is -0.120. The molecule has 1 fully saturated rings. The van der Waals surface area contributed by atoms with Gasteiger partial charge < -0.3 is 9.84 Å². The third-order valence-corrected chi connectivity index (χ3v) is 6.90. The summed E-state index contributed by atoms with van der Waals surface area (Å²) in [5, 5.41) is 10.0. The van der Waals surface area contributed by atoms with Crippen molar-refractivity contribution in [3.05, 3.63) is 72.4 Å². The van der Waals surface area contributed by atoms with E-state index in [1.54, 1.807) is 16.0 Å². The zero-order valence-corrected chi connectivity index (χ0v) is 20.2. The molecular formula is C28H29N3O4. The van der Waals surface area contributed by atoms with Crippen molar-refractivity contribution in [2.75, 3.05) is 11.5 Å². The number of pyridine rings is 1. The van der Waals surface area contributed by atoms with E-state index in [-0.39, 0.29) is 12.5 Å². The molecule has 2 amide bonds. The highest BCUT2D eigenvalue weighted by atomic mass is 16.5. The van der Waals surface area contributed by atoms with Gasteiger partial charge in [-0.2, -0.15) is 0 Å². The largest absolute Gasteiger partial charge is 0.466 e. The van der Waals surface area contributed by atoms with Crippen molar-refractivity contribution in [1.82, 2.24) is 9.88 Å². The number of carbonyl (C=O) groups is 2. The van der Waals surface area contributed by atoms with Gasteiger partial charge in [0.15, 0.2) is 6.61 Å². The van der Waals surface area contributed by atoms with Gasteiger partial charge in [-0.1, -0.05) is 42.5 Å². The average Bonchev–Trinajstić information content (AvgIpc) is 2.80. The van der Waals surface area contributed by atoms with Crippen molar-refractivity contribution in [2.24, 2.45) is 0 Å². The summed E-state index contributed by atoms with van der Waals surface area (Å²) in [4.78, 5) is 32.9. The van der Waals surface area contributed by atoms with Crippen molar-refractivity contribution in [1.29, 1.82) is 0 Å². The fourth-order valence-corrected chi connectivity index (χ4v) is 5.30. The van der Waals surface area contributed by atoms with Gasteiger partial charge in [0.25, 0.3) is 5.91 Å². The highest BCUT2D eigenvalue weighted by Crippen LogP contribution is 2.50. The molecule has 0 saturated heterocycles. The van der Waals surface area contributed by atoms with Crippen molar-refractivity contribution >= 4 is 23.4 Å². The molecule has 0 unspecified atom stereocenters. The highest BCUT2D eigenvalue weighted by Gasteiger charge is 2.50. The Morgan fingerprint density at radius 1 is 1.06 bits per heavy atom.